The van der Waals surface area contributed by atoms with Gasteiger partial charge in [0.2, 0.25) is 5.91 Å². The Kier molecular flexibility index (Phi) is 6.83. The highest BCUT2D eigenvalue weighted by Gasteiger charge is 2.30. The lowest BCUT2D eigenvalue weighted by Gasteiger charge is -2.29. The largest absolute Gasteiger partial charge is 0.359 e. The zero-order valence-electron chi connectivity index (χ0n) is 16.4. The highest BCUT2D eigenvalue weighted by Crippen LogP contribution is 2.30. The predicted molar refractivity (Wildman–Crippen MR) is 105 cm³/mol. The van der Waals surface area contributed by atoms with Crippen LogP contribution in [0.15, 0.2) is 42.5 Å². The summed E-state index contributed by atoms with van der Waals surface area (Å²) in [5.74, 6) is -0.561. The van der Waals surface area contributed by atoms with Crippen molar-refractivity contribution in [2.24, 2.45) is 11.3 Å². The number of nitrogens with zero attached hydrogens (tertiary/aromatic N) is 1. The van der Waals surface area contributed by atoms with Crippen molar-refractivity contribution in [2.75, 3.05) is 7.05 Å². The second-order valence-electron chi connectivity index (χ2n) is 7.77. The predicted octanol–water partition coefficient (Wildman–Crippen LogP) is 4.65. The van der Waals surface area contributed by atoms with E-state index in [0.29, 0.717) is 36.2 Å². The molecule has 5 heteroatoms. The van der Waals surface area contributed by atoms with Crippen LogP contribution in [0.1, 0.15) is 50.5 Å². The number of Topliss-reactive ketones (excluding diaryl/α,β-unsaturated/α-hetero) is 1. The van der Waals surface area contributed by atoms with Gasteiger partial charge in [0.1, 0.15) is 11.5 Å². The lowest BCUT2D eigenvalue weighted by Crippen LogP contribution is -2.36. The minimum Gasteiger partial charge on any atom is -0.359 e. The molecular weight excluding hydrogens is 343 g/mol. The topological polar surface area (TPSA) is 59.1 Å². The van der Waals surface area contributed by atoms with E-state index in [-0.39, 0.29) is 28.8 Å². The van der Waals surface area contributed by atoms with Crippen LogP contribution in [0.3, 0.4) is 0 Å². The summed E-state index contributed by atoms with van der Waals surface area (Å²) in [4.78, 5) is 29.0. The number of nitrogens with one attached hydrogen (secondary N) is 1. The molecule has 27 heavy (non-hydrogen) atoms. The van der Waals surface area contributed by atoms with Crippen LogP contribution in [0.2, 0.25) is 0 Å². The first-order chi connectivity index (χ1) is 12.7. The van der Waals surface area contributed by atoms with Crippen molar-refractivity contribution in [2.45, 2.75) is 40.0 Å². The van der Waals surface area contributed by atoms with Crippen molar-refractivity contribution in [3.8, 4) is 11.3 Å². The monoisotopic (exact) mass is 370 g/mol. The highest BCUT2D eigenvalue weighted by atomic mass is 19.1. The Bertz CT molecular complexity index is 812. The third-order valence-electron chi connectivity index (χ3n) is 4.66. The molecule has 2 aromatic rings. The molecule has 0 fully saturated rings. The molecule has 1 atom stereocenters. The van der Waals surface area contributed by atoms with E-state index in [1.54, 1.807) is 37.4 Å². The molecule has 0 bridgehead atoms. The van der Waals surface area contributed by atoms with Crippen LogP contribution >= 0.6 is 0 Å². The smallest absolute Gasteiger partial charge is 0.223 e. The van der Waals surface area contributed by atoms with E-state index in [0.717, 1.165) is 0 Å². The van der Waals surface area contributed by atoms with Crippen molar-refractivity contribution in [1.82, 2.24) is 10.3 Å². The van der Waals surface area contributed by atoms with Crippen molar-refractivity contribution in [1.29, 1.82) is 0 Å². The summed E-state index contributed by atoms with van der Waals surface area (Å²) in [5, 5.41) is 2.70. The van der Waals surface area contributed by atoms with Gasteiger partial charge >= 0.3 is 0 Å². The SMILES string of the molecule is CNC(=O)C(CCCC(=O)c1cccc(-c2cccc(F)c2)n1)C(C)(C)C. The molecule has 2 rings (SSSR count). The fourth-order valence-corrected chi connectivity index (χ4v) is 3.13. The molecule has 4 nitrogen and oxygen atoms in total. The summed E-state index contributed by atoms with van der Waals surface area (Å²) in [6, 6.07) is 11.3. The van der Waals surface area contributed by atoms with Gasteiger partial charge in [-0.2, -0.15) is 0 Å². The highest BCUT2D eigenvalue weighted by molar-refractivity contribution is 5.94. The molecule has 1 aromatic heterocycles. The fraction of sp³-hybridized carbons (Fsp3) is 0.409. The zero-order chi connectivity index (χ0) is 20.0. The summed E-state index contributed by atoms with van der Waals surface area (Å²) in [6.07, 6.45) is 1.57. The number of carbonyl (C=O) groups is 2. The average Bonchev–Trinajstić information content (AvgIpc) is 2.63. The Morgan fingerprint density at radius 1 is 1.15 bits per heavy atom. The Labute approximate surface area is 160 Å². The van der Waals surface area contributed by atoms with Gasteiger partial charge in [0.15, 0.2) is 5.78 Å². The van der Waals surface area contributed by atoms with Gasteiger partial charge in [-0.1, -0.05) is 39.0 Å². The molecule has 0 radical (unpaired) electrons. The number of ketones is 1. The van der Waals surface area contributed by atoms with E-state index in [9.17, 15) is 14.0 Å². The first kappa shape index (κ1) is 20.7. The normalized spacial score (nSPS) is 12.5. The zero-order valence-corrected chi connectivity index (χ0v) is 16.4. The molecule has 0 aliphatic carbocycles. The van der Waals surface area contributed by atoms with Crippen molar-refractivity contribution >= 4 is 11.7 Å². The molecule has 1 N–H and O–H groups in total. The number of benzene rings is 1. The number of pyridine rings is 1. The number of hydrogen-bond acceptors (Lipinski definition) is 3. The summed E-state index contributed by atoms with van der Waals surface area (Å²) in [5.41, 5.74) is 1.40. The van der Waals surface area contributed by atoms with E-state index in [2.05, 4.69) is 10.3 Å². The minimum atomic E-state index is -0.339. The summed E-state index contributed by atoms with van der Waals surface area (Å²) in [7, 11) is 1.63. The second kappa shape index (κ2) is 8.89. The molecule has 1 amide bonds. The molecule has 0 saturated carbocycles. The molecule has 1 aromatic carbocycles. The lowest BCUT2D eigenvalue weighted by atomic mass is 9.77. The van der Waals surface area contributed by atoms with E-state index < -0.39 is 0 Å². The number of amides is 1. The fourth-order valence-electron chi connectivity index (χ4n) is 3.13. The molecule has 144 valence electrons. The lowest BCUT2D eigenvalue weighted by molar-refractivity contribution is -0.128. The van der Waals surface area contributed by atoms with Crippen LogP contribution in [0.5, 0.6) is 0 Å². The second-order valence-corrected chi connectivity index (χ2v) is 7.77. The minimum absolute atomic E-state index is 0.00109. The van der Waals surface area contributed by atoms with Gasteiger partial charge in [-0.05, 0) is 42.5 Å². The average molecular weight is 370 g/mol. The van der Waals surface area contributed by atoms with Gasteiger partial charge < -0.3 is 5.32 Å². The Balaban J connectivity index is 2.04. The van der Waals surface area contributed by atoms with E-state index in [4.69, 9.17) is 0 Å². The van der Waals surface area contributed by atoms with Crippen molar-refractivity contribution in [3.63, 3.8) is 0 Å². The van der Waals surface area contributed by atoms with Crippen LogP contribution in [0.25, 0.3) is 11.3 Å². The first-order valence-electron chi connectivity index (χ1n) is 9.20. The quantitative estimate of drug-likeness (QED) is 0.722. The number of hydrogen-bond donors (Lipinski definition) is 1. The number of aromatic nitrogens is 1. The Morgan fingerprint density at radius 3 is 2.48 bits per heavy atom. The van der Waals surface area contributed by atoms with Crippen LogP contribution in [-0.2, 0) is 4.79 Å². The summed E-state index contributed by atoms with van der Waals surface area (Å²) in [6.45, 7) is 6.08. The van der Waals surface area contributed by atoms with Gasteiger partial charge in [-0.3, -0.25) is 9.59 Å². The van der Waals surface area contributed by atoms with Gasteiger partial charge in [-0.25, -0.2) is 9.37 Å². The van der Waals surface area contributed by atoms with Crippen LogP contribution in [-0.4, -0.2) is 23.7 Å². The third-order valence-corrected chi connectivity index (χ3v) is 4.66. The van der Waals surface area contributed by atoms with E-state index >= 15 is 0 Å². The summed E-state index contributed by atoms with van der Waals surface area (Å²) < 4.78 is 13.4. The van der Waals surface area contributed by atoms with Crippen LogP contribution < -0.4 is 5.32 Å². The van der Waals surface area contributed by atoms with Crippen molar-refractivity contribution < 1.29 is 14.0 Å². The molecular formula is C22H27FN2O2. The van der Waals surface area contributed by atoms with E-state index in [1.165, 1.54) is 12.1 Å². The molecule has 0 aliphatic heterocycles. The van der Waals surface area contributed by atoms with Gasteiger partial charge in [0.25, 0.3) is 0 Å². The molecule has 0 spiro atoms. The maximum Gasteiger partial charge on any atom is 0.223 e. The summed E-state index contributed by atoms with van der Waals surface area (Å²) >= 11 is 0. The Morgan fingerprint density at radius 2 is 1.85 bits per heavy atom. The Hall–Kier alpha value is -2.56. The van der Waals surface area contributed by atoms with Crippen LogP contribution in [0, 0.1) is 17.2 Å². The molecule has 1 heterocycles. The number of halogens is 1. The molecule has 0 saturated heterocycles. The van der Waals surface area contributed by atoms with Gasteiger partial charge in [0, 0.05) is 24.9 Å². The third kappa shape index (κ3) is 5.71. The molecule has 1 unspecified atom stereocenters. The van der Waals surface area contributed by atoms with E-state index in [1.807, 2.05) is 20.8 Å². The first-order valence-corrected chi connectivity index (χ1v) is 9.20. The van der Waals surface area contributed by atoms with Gasteiger partial charge in [0.05, 0.1) is 5.69 Å². The maximum atomic E-state index is 13.4. The number of carbonyl (C=O) groups excluding carboxylic acids is 2. The van der Waals surface area contributed by atoms with Gasteiger partial charge in [-0.15, -0.1) is 0 Å². The molecule has 0 aliphatic rings. The van der Waals surface area contributed by atoms with Crippen molar-refractivity contribution in [3.05, 3.63) is 54.0 Å². The number of rotatable bonds is 7. The maximum absolute atomic E-state index is 13.4. The van der Waals surface area contributed by atoms with Crippen LogP contribution in [0.4, 0.5) is 4.39 Å². The standard InChI is InChI=1S/C22H27FN2O2/c1-22(2,3)17(21(27)24-4)10-6-13-20(26)19-12-7-11-18(25-19)15-8-5-9-16(23)14-15/h5,7-9,11-12,14,17H,6,10,13H2,1-4H3,(H,24,27).